The number of hydrogen-bond donors (Lipinski definition) is 3. The Kier molecular flexibility index (Phi) is 7.51. The molecule has 0 aliphatic carbocycles. The van der Waals surface area contributed by atoms with Gasteiger partial charge in [0.1, 0.15) is 4.88 Å². The molecule has 0 unspecified atom stereocenters. The first-order chi connectivity index (χ1) is 18.3. The predicted octanol–water partition coefficient (Wildman–Crippen LogP) is 3.36. The third kappa shape index (κ3) is 5.60. The van der Waals surface area contributed by atoms with Gasteiger partial charge in [0.05, 0.1) is 10.6 Å². The summed E-state index contributed by atoms with van der Waals surface area (Å²) < 4.78 is 28.0. The molecule has 198 valence electrons. The molecule has 11 nitrogen and oxygen atoms in total. The van der Waals surface area contributed by atoms with Crippen LogP contribution in [0.1, 0.15) is 6.92 Å². The van der Waals surface area contributed by atoms with E-state index in [1.807, 2.05) is 44.3 Å². The molecule has 0 radical (unpaired) electrons. The number of benzene rings is 2. The van der Waals surface area contributed by atoms with Crippen LogP contribution < -0.4 is 16.4 Å². The van der Waals surface area contributed by atoms with Crippen LogP contribution in [0.5, 0.6) is 0 Å². The minimum Gasteiger partial charge on any atom is -0.368 e. The van der Waals surface area contributed by atoms with Crippen LogP contribution in [0.3, 0.4) is 0 Å². The topological polar surface area (TPSA) is 142 Å². The Labute approximate surface area is 225 Å². The maximum atomic E-state index is 13.2. The maximum absolute atomic E-state index is 13.2. The highest BCUT2D eigenvalue weighted by molar-refractivity contribution is 7.89. The number of rotatable bonds is 8. The molecule has 3 heterocycles. The molecule has 13 heteroatoms. The normalized spacial score (nSPS) is 14.9. The molecule has 0 amide bonds. The van der Waals surface area contributed by atoms with Gasteiger partial charge in [0.2, 0.25) is 21.9 Å². The molecular formula is C25H29N9O2S2. The first kappa shape index (κ1) is 26.0. The van der Waals surface area contributed by atoms with Crippen molar-refractivity contribution in [1.82, 2.24) is 29.1 Å². The van der Waals surface area contributed by atoms with Crippen LogP contribution in [0, 0.1) is 0 Å². The highest BCUT2D eigenvalue weighted by Gasteiger charge is 2.27. The van der Waals surface area contributed by atoms with E-state index in [9.17, 15) is 8.42 Å². The van der Waals surface area contributed by atoms with Gasteiger partial charge >= 0.3 is 0 Å². The molecule has 2 aromatic carbocycles. The molecule has 1 aliphatic rings. The fraction of sp³-hybridized carbons (Fsp3) is 0.280. The van der Waals surface area contributed by atoms with Gasteiger partial charge in [0.15, 0.2) is 11.0 Å². The quantitative estimate of drug-likeness (QED) is 0.298. The van der Waals surface area contributed by atoms with Gasteiger partial charge in [-0.1, -0.05) is 47.7 Å². The van der Waals surface area contributed by atoms with Gasteiger partial charge in [-0.05, 0) is 32.2 Å². The van der Waals surface area contributed by atoms with Crippen molar-refractivity contribution in [2.24, 2.45) is 0 Å². The zero-order valence-electron chi connectivity index (χ0n) is 21.1. The summed E-state index contributed by atoms with van der Waals surface area (Å²) in [6.45, 7) is 5.03. The van der Waals surface area contributed by atoms with Gasteiger partial charge in [-0.2, -0.15) is 19.3 Å². The van der Waals surface area contributed by atoms with Gasteiger partial charge in [0, 0.05) is 44.0 Å². The molecular weight excluding hydrogens is 522 g/mol. The third-order valence-corrected chi connectivity index (χ3v) is 8.95. The molecule has 38 heavy (non-hydrogen) atoms. The van der Waals surface area contributed by atoms with Crippen LogP contribution in [0.15, 0.2) is 59.5 Å². The highest BCUT2D eigenvalue weighted by Crippen LogP contribution is 2.38. The van der Waals surface area contributed by atoms with E-state index < -0.39 is 10.0 Å². The standard InChI is InChI=1S/C25H29N9O2S2/c1-3-27-25-29-20(17-8-5-4-6-9-17)21(37-25)22-30-23(26)32-24(31-22)28-18-10-7-11-19(16-18)38(35,36)34-14-12-33(2)13-15-34/h4-11,16H,3,12-15H2,1-2H3,(H,27,29)(H3,26,28,30,31,32). The van der Waals surface area contributed by atoms with Crippen molar-refractivity contribution in [2.45, 2.75) is 11.8 Å². The fourth-order valence-corrected chi connectivity index (χ4v) is 6.54. The van der Waals surface area contributed by atoms with Crippen molar-refractivity contribution >= 4 is 44.1 Å². The van der Waals surface area contributed by atoms with Crippen LogP contribution in [0.25, 0.3) is 22.0 Å². The smallest absolute Gasteiger partial charge is 0.243 e. The average molecular weight is 552 g/mol. The lowest BCUT2D eigenvalue weighted by atomic mass is 10.1. The Morgan fingerprint density at radius 2 is 1.74 bits per heavy atom. The van der Waals surface area contributed by atoms with E-state index in [0.29, 0.717) is 37.7 Å². The number of nitrogens with two attached hydrogens (primary N) is 1. The molecule has 0 bridgehead atoms. The number of aromatic nitrogens is 4. The van der Waals surface area contributed by atoms with Crippen molar-refractivity contribution in [3.63, 3.8) is 0 Å². The number of thiazole rings is 1. The Balaban J connectivity index is 1.46. The number of nitrogens with one attached hydrogen (secondary N) is 2. The van der Waals surface area contributed by atoms with Crippen molar-refractivity contribution in [3.8, 4) is 22.0 Å². The molecule has 0 spiro atoms. The maximum Gasteiger partial charge on any atom is 0.243 e. The number of nitrogens with zero attached hydrogens (tertiary/aromatic N) is 6. The monoisotopic (exact) mass is 551 g/mol. The lowest BCUT2D eigenvalue weighted by molar-refractivity contribution is 0.222. The van der Waals surface area contributed by atoms with Crippen LogP contribution in [-0.2, 0) is 10.0 Å². The summed E-state index contributed by atoms with van der Waals surface area (Å²) in [7, 11) is -1.64. The number of nitrogen functional groups attached to an aromatic ring is 1. The zero-order chi connectivity index (χ0) is 26.7. The lowest BCUT2D eigenvalue weighted by Gasteiger charge is -2.31. The van der Waals surface area contributed by atoms with Crippen LogP contribution in [-0.4, -0.2) is 77.3 Å². The molecule has 1 saturated heterocycles. The average Bonchev–Trinajstić information content (AvgIpc) is 3.34. The second-order valence-electron chi connectivity index (χ2n) is 8.79. The Hall–Kier alpha value is -3.65. The molecule has 1 fully saturated rings. The number of piperazine rings is 1. The second-order valence-corrected chi connectivity index (χ2v) is 11.7. The van der Waals surface area contributed by atoms with Gasteiger partial charge in [0.25, 0.3) is 0 Å². The van der Waals surface area contributed by atoms with E-state index in [1.165, 1.54) is 15.6 Å². The first-order valence-corrected chi connectivity index (χ1v) is 14.5. The number of hydrogen-bond acceptors (Lipinski definition) is 11. The highest BCUT2D eigenvalue weighted by atomic mass is 32.2. The molecule has 0 saturated carbocycles. The number of sulfonamides is 1. The van der Waals surface area contributed by atoms with Gasteiger partial charge in [-0.15, -0.1) is 0 Å². The van der Waals surface area contributed by atoms with Crippen LogP contribution in [0.2, 0.25) is 0 Å². The van der Waals surface area contributed by atoms with E-state index in [0.717, 1.165) is 27.8 Å². The Morgan fingerprint density at radius 3 is 2.47 bits per heavy atom. The Bertz CT molecular complexity index is 1520. The summed E-state index contributed by atoms with van der Waals surface area (Å²) in [6.07, 6.45) is 0. The molecule has 2 aromatic heterocycles. The first-order valence-electron chi connectivity index (χ1n) is 12.2. The van der Waals surface area contributed by atoms with E-state index >= 15 is 0 Å². The van der Waals surface area contributed by atoms with Crippen LogP contribution >= 0.6 is 11.3 Å². The van der Waals surface area contributed by atoms with Gasteiger partial charge < -0.3 is 21.3 Å². The zero-order valence-corrected chi connectivity index (χ0v) is 22.8. The molecule has 5 rings (SSSR count). The summed E-state index contributed by atoms with van der Waals surface area (Å²) in [5.74, 6) is 0.622. The van der Waals surface area contributed by atoms with E-state index in [4.69, 9.17) is 10.7 Å². The summed E-state index contributed by atoms with van der Waals surface area (Å²) in [6, 6.07) is 16.4. The van der Waals surface area contributed by atoms with Crippen molar-refractivity contribution < 1.29 is 8.42 Å². The number of anilines is 4. The largest absolute Gasteiger partial charge is 0.368 e. The molecule has 4 aromatic rings. The molecule has 4 N–H and O–H groups in total. The fourth-order valence-electron chi connectivity index (χ4n) is 4.08. The van der Waals surface area contributed by atoms with E-state index in [2.05, 4.69) is 30.5 Å². The van der Waals surface area contributed by atoms with E-state index in [1.54, 1.807) is 24.3 Å². The molecule has 1 aliphatic heterocycles. The van der Waals surface area contributed by atoms with Crippen LogP contribution in [0.4, 0.5) is 22.7 Å². The summed E-state index contributed by atoms with van der Waals surface area (Å²) in [5.41, 5.74) is 8.27. The minimum absolute atomic E-state index is 0.0381. The predicted molar refractivity (Wildman–Crippen MR) is 151 cm³/mol. The van der Waals surface area contributed by atoms with Crippen molar-refractivity contribution in [3.05, 3.63) is 54.6 Å². The summed E-state index contributed by atoms with van der Waals surface area (Å²) in [4.78, 5) is 21.0. The number of likely N-dealkylation sites (N-methyl/N-ethyl adjacent to an activating group) is 1. The summed E-state index contributed by atoms with van der Waals surface area (Å²) in [5, 5.41) is 7.10. The van der Waals surface area contributed by atoms with Gasteiger partial charge in [-0.25, -0.2) is 13.4 Å². The SMILES string of the molecule is CCNc1nc(-c2ccccc2)c(-c2nc(N)nc(Nc3cccc(S(=O)(=O)N4CCN(C)CC4)c3)n2)s1. The van der Waals surface area contributed by atoms with Gasteiger partial charge in [-0.3, -0.25) is 0 Å². The lowest BCUT2D eigenvalue weighted by Crippen LogP contribution is -2.47. The minimum atomic E-state index is -3.62. The Morgan fingerprint density at radius 1 is 0.974 bits per heavy atom. The van der Waals surface area contributed by atoms with Crippen molar-refractivity contribution in [2.75, 3.05) is 56.1 Å². The van der Waals surface area contributed by atoms with Crippen molar-refractivity contribution in [1.29, 1.82) is 0 Å². The third-order valence-electron chi connectivity index (χ3n) is 6.05. The second kappa shape index (κ2) is 11.0. The summed E-state index contributed by atoms with van der Waals surface area (Å²) >= 11 is 1.43. The van der Waals surface area contributed by atoms with E-state index in [-0.39, 0.29) is 16.8 Å². The molecule has 0 atom stereocenters.